The van der Waals surface area contributed by atoms with E-state index in [1.54, 1.807) is 48.5 Å². The first-order chi connectivity index (χ1) is 13.1. The fraction of sp³-hybridized carbons (Fsp3) is 0.211. The number of nitrogens with one attached hydrogen (secondary N) is 3. The second kappa shape index (κ2) is 10.1. The Labute approximate surface area is 163 Å². The number of benzene rings is 2. The van der Waals surface area contributed by atoms with Crippen LogP contribution in [0.5, 0.6) is 11.5 Å². The van der Waals surface area contributed by atoms with Crippen molar-refractivity contribution in [2.45, 2.75) is 13.3 Å². The summed E-state index contributed by atoms with van der Waals surface area (Å²) in [5.74, 6) is 0.00735. The van der Waals surface area contributed by atoms with Crippen LogP contribution in [-0.2, 0) is 0 Å². The number of hydrazine groups is 1. The van der Waals surface area contributed by atoms with E-state index in [0.717, 1.165) is 6.42 Å². The summed E-state index contributed by atoms with van der Waals surface area (Å²) in [6.45, 7) is 2.48. The van der Waals surface area contributed by atoms with Crippen LogP contribution in [0.4, 0.5) is 0 Å². The summed E-state index contributed by atoms with van der Waals surface area (Å²) >= 11 is 5.05. The maximum absolute atomic E-state index is 12.3. The minimum atomic E-state index is -0.453. The van der Waals surface area contributed by atoms with E-state index in [2.05, 4.69) is 16.2 Å². The second-order valence-corrected chi connectivity index (χ2v) is 5.82. The zero-order chi connectivity index (χ0) is 19.6. The third-order valence-electron chi connectivity index (χ3n) is 3.46. The van der Waals surface area contributed by atoms with Crippen LogP contribution < -0.4 is 25.6 Å². The monoisotopic (exact) mass is 387 g/mol. The van der Waals surface area contributed by atoms with Gasteiger partial charge in [-0.3, -0.25) is 25.8 Å². The number of carbonyl (C=O) groups is 2. The Hall–Kier alpha value is -3.13. The van der Waals surface area contributed by atoms with Crippen molar-refractivity contribution in [2.75, 3.05) is 13.7 Å². The molecule has 2 aromatic carbocycles. The maximum Gasteiger partial charge on any atom is 0.273 e. The van der Waals surface area contributed by atoms with Gasteiger partial charge < -0.3 is 9.47 Å². The van der Waals surface area contributed by atoms with E-state index in [9.17, 15) is 9.59 Å². The highest BCUT2D eigenvalue weighted by molar-refractivity contribution is 7.80. The molecular weight excluding hydrogens is 366 g/mol. The van der Waals surface area contributed by atoms with E-state index < -0.39 is 11.8 Å². The van der Waals surface area contributed by atoms with Crippen LogP contribution in [0, 0.1) is 0 Å². The molecule has 142 valence electrons. The fourth-order valence-corrected chi connectivity index (χ4v) is 2.35. The van der Waals surface area contributed by atoms with Crippen molar-refractivity contribution in [3.8, 4) is 11.5 Å². The number of hydrogen-bond acceptors (Lipinski definition) is 5. The average Bonchev–Trinajstić information content (AvgIpc) is 2.70. The van der Waals surface area contributed by atoms with Crippen molar-refractivity contribution in [3.63, 3.8) is 0 Å². The Morgan fingerprint density at radius 3 is 2.15 bits per heavy atom. The van der Waals surface area contributed by atoms with Crippen molar-refractivity contribution in [2.24, 2.45) is 0 Å². The number of hydrogen-bond donors (Lipinski definition) is 3. The van der Waals surface area contributed by atoms with Crippen molar-refractivity contribution < 1.29 is 19.1 Å². The van der Waals surface area contributed by atoms with Crippen molar-refractivity contribution in [1.29, 1.82) is 0 Å². The van der Waals surface area contributed by atoms with Gasteiger partial charge in [-0.05, 0) is 42.9 Å². The summed E-state index contributed by atoms with van der Waals surface area (Å²) in [6, 6.07) is 13.6. The number of methoxy groups -OCH3 is 1. The molecule has 0 aliphatic rings. The molecule has 8 heteroatoms. The fourth-order valence-electron chi connectivity index (χ4n) is 2.21. The first kappa shape index (κ1) is 20.2. The summed E-state index contributed by atoms with van der Waals surface area (Å²) in [5, 5.41) is 2.43. The molecule has 27 heavy (non-hydrogen) atoms. The second-order valence-electron chi connectivity index (χ2n) is 5.41. The molecular formula is C19H21N3O4S. The molecule has 2 aromatic rings. The SMILES string of the molecule is CCCOc1ccccc1C(=O)NNC(=S)NC(=O)c1ccccc1OC. The highest BCUT2D eigenvalue weighted by Gasteiger charge is 2.15. The molecule has 0 spiro atoms. The molecule has 0 saturated carbocycles. The predicted octanol–water partition coefficient (Wildman–Crippen LogP) is 2.43. The van der Waals surface area contributed by atoms with Gasteiger partial charge in [0.25, 0.3) is 11.8 Å². The average molecular weight is 387 g/mol. The van der Waals surface area contributed by atoms with Crippen LogP contribution in [0.15, 0.2) is 48.5 Å². The van der Waals surface area contributed by atoms with E-state index in [1.165, 1.54) is 7.11 Å². The summed E-state index contributed by atoms with van der Waals surface area (Å²) in [5.41, 5.74) is 5.64. The number of amides is 2. The highest BCUT2D eigenvalue weighted by atomic mass is 32.1. The normalized spacial score (nSPS) is 9.85. The van der Waals surface area contributed by atoms with Gasteiger partial charge in [-0.15, -0.1) is 0 Å². The van der Waals surface area contributed by atoms with Crippen LogP contribution in [0.1, 0.15) is 34.1 Å². The first-order valence-corrected chi connectivity index (χ1v) is 8.74. The van der Waals surface area contributed by atoms with Gasteiger partial charge in [0.2, 0.25) is 0 Å². The standard InChI is InChI=1S/C19H21N3O4S/c1-3-12-26-16-11-7-5-9-14(16)18(24)21-22-19(27)20-17(23)13-8-4-6-10-15(13)25-2/h4-11H,3,12H2,1-2H3,(H,21,24)(H2,20,22,23,27). The highest BCUT2D eigenvalue weighted by Crippen LogP contribution is 2.18. The molecule has 0 bridgehead atoms. The Morgan fingerprint density at radius 1 is 0.926 bits per heavy atom. The smallest absolute Gasteiger partial charge is 0.273 e. The lowest BCUT2D eigenvalue weighted by molar-refractivity contribution is 0.0930. The topological polar surface area (TPSA) is 88.7 Å². The van der Waals surface area contributed by atoms with Crippen LogP contribution in [0.3, 0.4) is 0 Å². The van der Waals surface area contributed by atoms with E-state index in [0.29, 0.717) is 29.2 Å². The summed E-state index contributed by atoms with van der Waals surface area (Å²) in [4.78, 5) is 24.6. The lowest BCUT2D eigenvalue weighted by Crippen LogP contribution is -2.48. The van der Waals surface area contributed by atoms with Gasteiger partial charge in [0.15, 0.2) is 5.11 Å². The molecule has 2 amide bonds. The number of ether oxygens (including phenoxy) is 2. The van der Waals surface area contributed by atoms with Crippen LogP contribution in [0.25, 0.3) is 0 Å². The van der Waals surface area contributed by atoms with Gasteiger partial charge in [0.1, 0.15) is 11.5 Å². The van der Waals surface area contributed by atoms with Gasteiger partial charge >= 0.3 is 0 Å². The van der Waals surface area contributed by atoms with Crippen LogP contribution in [-0.4, -0.2) is 30.6 Å². The molecule has 0 atom stereocenters. The minimum Gasteiger partial charge on any atom is -0.496 e. The molecule has 0 aromatic heterocycles. The predicted molar refractivity (Wildman–Crippen MR) is 106 cm³/mol. The molecule has 3 N–H and O–H groups in total. The Balaban J connectivity index is 1.94. The van der Waals surface area contributed by atoms with Gasteiger partial charge in [-0.25, -0.2) is 0 Å². The zero-order valence-corrected chi connectivity index (χ0v) is 15.9. The number of para-hydroxylation sites is 2. The number of carbonyl (C=O) groups excluding carboxylic acids is 2. The molecule has 0 aliphatic carbocycles. The Kier molecular flexibility index (Phi) is 7.57. The van der Waals surface area contributed by atoms with Gasteiger partial charge in [0, 0.05) is 0 Å². The van der Waals surface area contributed by atoms with Gasteiger partial charge in [-0.2, -0.15) is 0 Å². The van der Waals surface area contributed by atoms with E-state index in [1.807, 2.05) is 6.92 Å². The Morgan fingerprint density at radius 2 is 1.52 bits per heavy atom. The van der Waals surface area contributed by atoms with Crippen molar-refractivity contribution in [3.05, 3.63) is 59.7 Å². The molecule has 0 saturated heterocycles. The minimum absolute atomic E-state index is 0.0498. The third kappa shape index (κ3) is 5.68. The molecule has 0 heterocycles. The lowest BCUT2D eigenvalue weighted by Gasteiger charge is -2.14. The zero-order valence-electron chi connectivity index (χ0n) is 15.1. The number of thiocarbonyl (C=S) groups is 1. The first-order valence-electron chi connectivity index (χ1n) is 8.33. The van der Waals surface area contributed by atoms with Gasteiger partial charge in [-0.1, -0.05) is 31.2 Å². The van der Waals surface area contributed by atoms with E-state index >= 15 is 0 Å². The summed E-state index contributed by atoms with van der Waals surface area (Å²) in [7, 11) is 1.47. The Bertz CT molecular complexity index is 826. The van der Waals surface area contributed by atoms with Gasteiger partial charge in [0.05, 0.1) is 24.8 Å². The third-order valence-corrected chi connectivity index (χ3v) is 3.67. The lowest BCUT2D eigenvalue weighted by atomic mass is 10.2. The van der Waals surface area contributed by atoms with Crippen LogP contribution >= 0.6 is 12.2 Å². The molecule has 0 aliphatic heterocycles. The molecule has 0 radical (unpaired) electrons. The molecule has 0 fully saturated rings. The maximum atomic E-state index is 12.3. The quantitative estimate of drug-likeness (QED) is 0.521. The van der Waals surface area contributed by atoms with Crippen molar-refractivity contribution >= 4 is 29.1 Å². The van der Waals surface area contributed by atoms with E-state index in [4.69, 9.17) is 21.7 Å². The molecule has 7 nitrogen and oxygen atoms in total. The summed E-state index contributed by atoms with van der Waals surface area (Å²) < 4.78 is 10.7. The molecule has 0 unspecified atom stereocenters. The molecule has 2 rings (SSSR count). The number of rotatable bonds is 6. The van der Waals surface area contributed by atoms with E-state index in [-0.39, 0.29) is 5.11 Å². The van der Waals surface area contributed by atoms with Crippen molar-refractivity contribution in [1.82, 2.24) is 16.2 Å². The van der Waals surface area contributed by atoms with Crippen LogP contribution in [0.2, 0.25) is 0 Å². The summed E-state index contributed by atoms with van der Waals surface area (Å²) in [6.07, 6.45) is 0.827. The largest absolute Gasteiger partial charge is 0.496 e.